The minimum absolute atomic E-state index is 0.515. The van der Waals surface area contributed by atoms with Crippen molar-refractivity contribution in [2.75, 3.05) is 6.54 Å². The van der Waals surface area contributed by atoms with Gasteiger partial charge in [0.15, 0.2) is 0 Å². The van der Waals surface area contributed by atoms with E-state index < -0.39 is 0 Å². The lowest BCUT2D eigenvalue weighted by Gasteiger charge is -2.26. The molecular weight excluding hydrogens is 202 g/mol. The molecule has 4 nitrogen and oxygen atoms in total. The minimum Gasteiger partial charge on any atom is -0.360 e. The normalized spacial score (nSPS) is 23.2. The number of nitrogens with zero attached hydrogens (tertiary/aromatic N) is 1. The largest absolute Gasteiger partial charge is 0.360 e. The molecule has 2 N–H and O–H groups in total. The summed E-state index contributed by atoms with van der Waals surface area (Å²) in [6, 6.07) is 3.10. The van der Waals surface area contributed by atoms with Gasteiger partial charge in [0.2, 0.25) is 0 Å². The van der Waals surface area contributed by atoms with E-state index in [4.69, 9.17) is 4.52 Å². The molecule has 4 heteroatoms. The van der Waals surface area contributed by atoms with Crippen molar-refractivity contribution in [3.63, 3.8) is 0 Å². The predicted molar refractivity (Wildman–Crippen MR) is 63.1 cm³/mol. The Bertz CT molecular complexity index is 280. The van der Waals surface area contributed by atoms with E-state index in [1.54, 1.807) is 6.20 Å². The van der Waals surface area contributed by atoms with Crippen LogP contribution in [0.25, 0.3) is 0 Å². The number of aromatic nitrogens is 1. The molecule has 1 aliphatic rings. The molecule has 0 aromatic carbocycles. The Morgan fingerprint density at radius 3 is 3.25 bits per heavy atom. The third-order valence-electron chi connectivity index (χ3n) is 3.17. The van der Waals surface area contributed by atoms with Crippen LogP contribution in [-0.2, 0) is 6.54 Å². The molecule has 1 fully saturated rings. The fourth-order valence-corrected chi connectivity index (χ4v) is 2.24. The number of piperidine rings is 1. The lowest BCUT2D eigenvalue weighted by Crippen LogP contribution is -2.39. The molecule has 0 saturated carbocycles. The molecule has 1 saturated heterocycles. The van der Waals surface area contributed by atoms with Crippen molar-refractivity contribution in [1.29, 1.82) is 0 Å². The highest BCUT2D eigenvalue weighted by molar-refractivity contribution is 4.92. The van der Waals surface area contributed by atoms with Gasteiger partial charge in [0.1, 0.15) is 5.76 Å². The van der Waals surface area contributed by atoms with Crippen LogP contribution in [0.15, 0.2) is 16.8 Å². The molecule has 2 unspecified atom stereocenters. The van der Waals surface area contributed by atoms with E-state index in [1.165, 1.54) is 32.2 Å². The fraction of sp³-hybridized carbons (Fsp3) is 0.750. The van der Waals surface area contributed by atoms with E-state index in [0.29, 0.717) is 12.1 Å². The van der Waals surface area contributed by atoms with Crippen LogP contribution in [0, 0.1) is 0 Å². The summed E-state index contributed by atoms with van der Waals surface area (Å²) in [5.41, 5.74) is 0. The summed E-state index contributed by atoms with van der Waals surface area (Å²) < 4.78 is 5.05. The van der Waals surface area contributed by atoms with Crippen LogP contribution in [-0.4, -0.2) is 23.8 Å². The summed E-state index contributed by atoms with van der Waals surface area (Å²) in [5, 5.41) is 10.7. The van der Waals surface area contributed by atoms with Crippen LogP contribution in [0.4, 0.5) is 0 Å². The van der Waals surface area contributed by atoms with Crippen LogP contribution in [0.2, 0.25) is 0 Å². The van der Waals surface area contributed by atoms with E-state index in [9.17, 15) is 0 Å². The van der Waals surface area contributed by atoms with Crippen LogP contribution in [0.3, 0.4) is 0 Å². The summed E-state index contributed by atoms with van der Waals surface area (Å²) in [7, 11) is 0. The molecule has 1 aliphatic heterocycles. The van der Waals surface area contributed by atoms with Gasteiger partial charge in [0.05, 0.1) is 12.7 Å². The second kappa shape index (κ2) is 6.01. The van der Waals surface area contributed by atoms with Gasteiger partial charge >= 0.3 is 0 Å². The van der Waals surface area contributed by atoms with Gasteiger partial charge in [0, 0.05) is 18.2 Å². The lowest BCUT2D eigenvalue weighted by atomic mass is 9.99. The van der Waals surface area contributed by atoms with E-state index >= 15 is 0 Å². The standard InChI is InChI=1S/C12H21N3O/c1-10(8-11-4-2-3-6-13-11)14-9-12-5-7-15-16-12/h5,7,10-11,13-14H,2-4,6,8-9H2,1H3. The molecule has 90 valence electrons. The van der Waals surface area contributed by atoms with Crippen molar-refractivity contribution in [3.8, 4) is 0 Å². The van der Waals surface area contributed by atoms with Gasteiger partial charge in [-0.15, -0.1) is 0 Å². The molecule has 2 rings (SSSR count). The van der Waals surface area contributed by atoms with Crippen LogP contribution < -0.4 is 10.6 Å². The molecule has 0 spiro atoms. The monoisotopic (exact) mass is 223 g/mol. The van der Waals surface area contributed by atoms with Gasteiger partial charge in [-0.05, 0) is 32.7 Å². The zero-order chi connectivity index (χ0) is 11.2. The Labute approximate surface area is 96.8 Å². The zero-order valence-electron chi connectivity index (χ0n) is 9.91. The molecule has 0 radical (unpaired) electrons. The molecule has 0 aliphatic carbocycles. The van der Waals surface area contributed by atoms with E-state index in [1.807, 2.05) is 6.07 Å². The first-order valence-electron chi connectivity index (χ1n) is 6.21. The van der Waals surface area contributed by atoms with Gasteiger partial charge in [-0.2, -0.15) is 0 Å². The summed E-state index contributed by atoms with van der Waals surface area (Å²) in [4.78, 5) is 0. The van der Waals surface area contributed by atoms with E-state index in [2.05, 4.69) is 22.7 Å². The summed E-state index contributed by atoms with van der Waals surface area (Å²) in [6.07, 6.45) is 6.88. The molecule has 0 amide bonds. The average Bonchev–Trinajstić information content (AvgIpc) is 2.81. The Morgan fingerprint density at radius 2 is 2.56 bits per heavy atom. The highest BCUT2D eigenvalue weighted by atomic mass is 16.5. The van der Waals surface area contributed by atoms with Crippen molar-refractivity contribution in [2.45, 2.75) is 51.2 Å². The third-order valence-corrected chi connectivity index (χ3v) is 3.17. The number of rotatable bonds is 5. The zero-order valence-corrected chi connectivity index (χ0v) is 9.91. The van der Waals surface area contributed by atoms with Crippen molar-refractivity contribution in [2.24, 2.45) is 0 Å². The van der Waals surface area contributed by atoms with Crippen LogP contribution >= 0.6 is 0 Å². The molecular formula is C12H21N3O. The highest BCUT2D eigenvalue weighted by Crippen LogP contribution is 2.12. The average molecular weight is 223 g/mol. The maximum absolute atomic E-state index is 5.05. The quantitative estimate of drug-likeness (QED) is 0.797. The lowest BCUT2D eigenvalue weighted by molar-refractivity contribution is 0.327. The maximum Gasteiger partial charge on any atom is 0.150 e. The van der Waals surface area contributed by atoms with Gasteiger partial charge in [-0.25, -0.2) is 0 Å². The SMILES string of the molecule is CC(CC1CCCCN1)NCc1ccno1. The maximum atomic E-state index is 5.05. The molecule has 2 heterocycles. The second-order valence-corrected chi connectivity index (χ2v) is 4.64. The number of nitrogens with one attached hydrogen (secondary N) is 2. The molecule has 2 atom stereocenters. The van der Waals surface area contributed by atoms with E-state index in [-0.39, 0.29) is 0 Å². The Balaban J connectivity index is 1.65. The Hall–Kier alpha value is -0.870. The van der Waals surface area contributed by atoms with Gasteiger partial charge in [-0.3, -0.25) is 0 Å². The topological polar surface area (TPSA) is 50.1 Å². The molecule has 1 aromatic heterocycles. The minimum atomic E-state index is 0.515. The summed E-state index contributed by atoms with van der Waals surface area (Å²) in [5.74, 6) is 0.906. The van der Waals surface area contributed by atoms with Crippen LogP contribution in [0.5, 0.6) is 0 Å². The number of hydrogen-bond acceptors (Lipinski definition) is 4. The number of hydrogen-bond donors (Lipinski definition) is 2. The summed E-state index contributed by atoms with van der Waals surface area (Å²) in [6.45, 7) is 4.18. The Kier molecular flexibility index (Phi) is 4.36. The van der Waals surface area contributed by atoms with E-state index in [0.717, 1.165) is 12.3 Å². The first-order chi connectivity index (χ1) is 7.84. The first kappa shape index (κ1) is 11.6. The second-order valence-electron chi connectivity index (χ2n) is 4.64. The van der Waals surface area contributed by atoms with Crippen molar-refractivity contribution in [3.05, 3.63) is 18.0 Å². The highest BCUT2D eigenvalue weighted by Gasteiger charge is 2.15. The van der Waals surface area contributed by atoms with Crippen molar-refractivity contribution < 1.29 is 4.52 Å². The fourth-order valence-electron chi connectivity index (χ4n) is 2.24. The molecule has 16 heavy (non-hydrogen) atoms. The molecule has 1 aromatic rings. The molecule has 0 bridgehead atoms. The smallest absolute Gasteiger partial charge is 0.150 e. The van der Waals surface area contributed by atoms with Crippen molar-refractivity contribution >= 4 is 0 Å². The van der Waals surface area contributed by atoms with Gasteiger partial charge in [-0.1, -0.05) is 11.6 Å². The van der Waals surface area contributed by atoms with Crippen LogP contribution in [0.1, 0.15) is 38.4 Å². The van der Waals surface area contributed by atoms with Crippen molar-refractivity contribution in [1.82, 2.24) is 15.8 Å². The third kappa shape index (κ3) is 3.61. The predicted octanol–water partition coefficient (Wildman–Crippen LogP) is 1.68. The van der Waals surface area contributed by atoms with Gasteiger partial charge < -0.3 is 15.2 Å². The first-order valence-corrected chi connectivity index (χ1v) is 6.21. The van der Waals surface area contributed by atoms with Gasteiger partial charge in [0.25, 0.3) is 0 Å². The summed E-state index contributed by atoms with van der Waals surface area (Å²) >= 11 is 0. The Morgan fingerprint density at radius 1 is 1.62 bits per heavy atom.